The van der Waals surface area contributed by atoms with Crippen molar-refractivity contribution in [1.82, 2.24) is 4.98 Å². The van der Waals surface area contributed by atoms with Crippen LogP contribution in [-0.2, 0) is 0 Å². The van der Waals surface area contributed by atoms with Crippen molar-refractivity contribution in [1.29, 1.82) is 0 Å². The van der Waals surface area contributed by atoms with Crippen LogP contribution in [0.15, 0.2) is 17.4 Å². The molecule has 1 fully saturated rings. The average Bonchev–Trinajstić information content (AvgIpc) is 2.44. The molecule has 0 radical (unpaired) electrons. The predicted molar refractivity (Wildman–Crippen MR) is 82.1 cm³/mol. The summed E-state index contributed by atoms with van der Waals surface area (Å²) in [7, 11) is 0. The van der Waals surface area contributed by atoms with Crippen molar-refractivity contribution in [2.24, 2.45) is 10.9 Å². The summed E-state index contributed by atoms with van der Waals surface area (Å²) in [4.78, 5) is 16.5. The third-order valence-corrected chi connectivity index (χ3v) is 4.39. The number of thioether (sulfide) groups is 1. The molecule has 0 amide bonds. The molecular weight excluding hydrogens is 294 g/mol. The van der Waals surface area contributed by atoms with Crippen molar-refractivity contribution < 1.29 is 10.1 Å². The molecule has 1 saturated heterocycles. The first-order valence-electron chi connectivity index (χ1n) is 6.45. The summed E-state index contributed by atoms with van der Waals surface area (Å²) in [5, 5.41) is 23.5. The number of oxime groups is 1. The Morgan fingerprint density at radius 3 is 2.71 bits per heavy atom. The van der Waals surface area contributed by atoms with E-state index in [2.05, 4.69) is 24.0 Å². The quantitative estimate of drug-likeness (QED) is 0.285. The van der Waals surface area contributed by atoms with Crippen LogP contribution in [0.3, 0.4) is 0 Å². The number of aromatic nitrogens is 1. The Bertz CT molecular complexity index is 570. The lowest BCUT2D eigenvalue weighted by Crippen LogP contribution is -2.42. The molecule has 0 bridgehead atoms. The second-order valence-corrected chi connectivity index (χ2v) is 6.85. The highest BCUT2D eigenvalue weighted by Gasteiger charge is 2.27. The SMILES string of the molecule is CC1CN(c2ncc([N+](=O)[O-])cc2C(N)=NO)CC(C)S1. The Morgan fingerprint density at radius 2 is 2.19 bits per heavy atom. The molecule has 1 aromatic rings. The first-order chi connectivity index (χ1) is 9.92. The number of hydrogen-bond acceptors (Lipinski definition) is 7. The summed E-state index contributed by atoms with van der Waals surface area (Å²) in [6.07, 6.45) is 1.20. The Labute approximate surface area is 126 Å². The summed E-state index contributed by atoms with van der Waals surface area (Å²) in [6, 6.07) is 1.29. The third kappa shape index (κ3) is 3.35. The molecule has 1 aliphatic heterocycles. The van der Waals surface area contributed by atoms with Crippen molar-refractivity contribution in [3.63, 3.8) is 0 Å². The van der Waals surface area contributed by atoms with Gasteiger partial charge in [-0.1, -0.05) is 19.0 Å². The first-order valence-corrected chi connectivity index (χ1v) is 7.39. The van der Waals surface area contributed by atoms with Crippen LogP contribution in [0.25, 0.3) is 0 Å². The van der Waals surface area contributed by atoms with Gasteiger partial charge in [-0.15, -0.1) is 0 Å². The zero-order valence-electron chi connectivity index (χ0n) is 11.8. The van der Waals surface area contributed by atoms with E-state index < -0.39 is 4.92 Å². The van der Waals surface area contributed by atoms with Gasteiger partial charge in [0, 0.05) is 29.7 Å². The van der Waals surface area contributed by atoms with E-state index in [4.69, 9.17) is 10.9 Å². The second kappa shape index (κ2) is 6.17. The number of hydrogen-bond donors (Lipinski definition) is 2. The van der Waals surface area contributed by atoms with Crippen LogP contribution in [0.5, 0.6) is 0 Å². The van der Waals surface area contributed by atoms with Crippen LogP contribution in [0, 0.1) is 10.1 Å². The van der Waals surface area contributed by atoms with Gasteiger partial charge >= 0.3 is 0 Å². The molecule has 2 atom stereocenters. The van der Waals surface area contributed by atoms with E-state index in [0.29, 0.717) is 16.3 Å². The molecule has 0 aromatic carbocycles. The lowest BCUT2D eigenvalue weighted by Gasteiger charge is -2.36. The molecule has 2 rings (SSSR count). The minimum Gasteiger partial charge on any atom is -0.409 e. The maximum atomic E-state index is 10.9. The monoisotopic (exact) mass is 311 g/mol. The van der Waals surface area contributed by atoms with Gasteiger partial charge in [0.05, 0.1) is 10.5 Å². The molecule has 2 unspecified atom stereocenters. The van der Waals surface area contributed by atoms with E-state index in [1.54, 1.807) is 0 Å². The number of amidine groups is 1. The topological polar surface area (TPSA) is 118 Å². The van der Waals surface area contributed by atoms with Crippen LogP contribution >= 0.6 is 11.8 Å². The third-order valence-electron chi connectivity index (χ3n) is 3.17. The highest BCUT2D eigenvalue weighted by Crippen LogP contribution is 2.30. The number of nitro groups is 1. The van der Waals surface area contributed by atoms with Gasteiger partial charge in [-0.3, -0.25) is 10.1 Å². The maximum absolute atomic E-state index is 10.9. The summed E-state index contributed by atoms with van der Waals surface area (Å²) < 4.78 is 0. The van der Waals surface area contributed by atoms with Crippen LogP contribution < -0.4 is 10.6 Å². The van der Waals surface area contributed by atoms with Crippen molar-refractivity contribution in [2.75, 3.05) is 18.0 Å². The smallest absolute Gasteiger partial charge is 0.288 e. The molecule has 3 N–H and O–H groups in total. The number of anilines is 1. The largest absolute Gasteiger partial charge is 0.409 e. The van der Waals surface area contributed by atoms with Crippen molar-refractivity contribution >= 4 is 29.1 Å². The van der Waals surface area contributed by atoms with E-state index in [1.807, 2.05) is 16.7 Å². The Morgan fingerprint density at radius 1 is 1.57 bits per heavy atom. The van der Waals surface area contributed by atoms with E-state index in [-0.39, 0.29) is 17.1 Å². The van der Waals surface area contributed by atoms with Gasteiger partial charge in [0.2, 0.25) is 0 Å². The Hall–Kier alpha value is -2.03. The minimum atomic E-state index is -0.553. The zero-order valence-corrected chi connectivity index (χ0v) is 12.6. The van der Waals surface area contributed by atoms with E-state index in [9.17, 15) is 10.1 Å². The van der Waals surface area contributed by atoms with Gasteiger partial charge in [-0.2, -0.15) is 11.8 Å². The number of rotatable bonds is 3. The van der Waals surface area contributed by atoms with Gasteiger partial charge in [0.15, 0.2) is 5.84 Å². The lowest BCUT2D eigenvalue weighted by molar-refractivity contribution is -0.385. The summed E-state index contributed by atoms with van der Waals surface area (Å²) in [5.41, 5.74) is 5.73. The standard InChI is InChI=1S/C12H17N5O3S/c1-7-5-16(6-8(2)21-7)12-10(11(13)15-18)3-9(4-14-12)17(19)20/h3-4,7-8,18H,5-6H2,1-2H3,(H2,13,15). The van der Waals surface area contributed by atoms with Crippen LogP contribution in [0.4, 0.5) is 11.5 Å². The molecule has 9 heteroatoms. The molecule has 1 aliphatic rings. The van der Waals surface area contributed by atoms with E-state index >= 15 is 0 Å². The van der Waals surface area contributed by atoms with Gasteiger partial charge in [-0.05, 0) is 0 Å². The van der Waals surface area contributed by atoms with Crippen LogP contribution in [-0.4, -0.2) is 44.5 Å². The molecule has 0 saturated carbocycles. The number of nitrogens with two attached hydrogens (primary N) is 1. The highest BCUT2D eigenvalue weighted by molar-refractivity contribution is 8.00. The highest BCUT2D eigenvalue weighted by atomic mass is 32.2. The number of pyridine rings is 1. The molecule has 0 spiro atoms. The van der Waals surface area contributed by atoms with Gasteiger partial charge in [-0.25, -0.2) is 4.98 Å². The van der Waals surface area contributed by atoms with Crippen LogP contribution in [0.1, 0.15) is 19.4 Å². The van der Waals surface area contributed by atoms with E-state index in [1.165, 1.54) is 12.3 Å². The van der Waals surface area contributed by atoms with Gasteiger partial charge in [0.25, 0.3) is 5.69 Å². The zero-order chi connectivity index (χ0) is 15.6. The maximum Gasteiger partial charge on any atom is 0.288 e. The Kier molecular flexibility index (Phi) is 4.51. The predicted octanol–water partition coefficient (Wildman–Crippen LogP) is 1.41. The molecule has 21 heavy (non-hydrogen) atoms. The molecule has 8 nitrogen and oxygen atoms in total. The lowest BCUT2D eigenvalue weighted by atomic mass is 10.2. The summed E-state index contributed by atoms with van der Waals surface area (Å²) >= 11 is 1.88. The van der Waals surface area contributed by atoms with Crippen molar-refractivity contribution in [3.8, 4) is 0 Å². The fraction of sp³-hybridized carbons (Fsp3) is 0.500. The fourth-order valence-electron chi connectivity index (χ4n) is 2.39. The van der Waals surface area contributed by atoms with Crippen molar-refractivity contribution in [2.45, 2.75) is 24.3 Å². The van der Waals surface area contributed by atoms with Gasteiger partial charge in [0.1, 0.15) is 12.0 Å². The molecule has 114 valence electrons. The minimum absolute atomic E-state index is 0.181. The van der Waals surface area contributed by atoms with E-state index in [0.717, 1.165) is 13.1 Å². The fourth-order valence-corrected chi connectivity index (χ4v) is 3.72. The molecule has 0 aliphatic carbocycles. The normalized spacial score (nSPS) is 23.1. The van der Waals surface area contributed by atoms with Crippen molar-refractivity contribution in [3.05, 3.63) is 27.9 Å². The molecule has 2 heterocycles. The summed E-state index contributed by atoms with van der Waals surface area (Å²) in [5.74, 6) is 0.328. The Balaban J connectivity index is 2.44. The molecule has 1 aromatic heterocycles. The van der Waals surface area contributed by atoms with Gasteiger partial charge < -0.3 is 15.8 Å². The average molecular weight is 311 g/mol. The second-order valence-electron chi connectivity index (χ2n) is 4.97. The summed E-state index contributed by atoms with van der Waals surface area (Å²) in [6.45, 7) is 5.74. The number of nitrogens with zero attached hydrogens (tertiary/aromatic N) is 4. The van der Waals surface area contributed by atoms with Crippen LogP contribution in [0.2, 0.25) is 0 Å². The molecular formula is C12H17N5O3S. The first kappa shape index (κ1) is 15.4.